The highest BCUT2D eigenvalue weighted by molar-refractivity contribution is 7.87. The monoisotopic (exact) mass is 770 g/mol. The zero-order valence-electron chi connectivity index (χ0n) is 31.7. The van der Waals surface area contributed by atoms with Crippen LogP contribution in [0.3, 0.4) is 0 Å². The number of carbonyl (C=O) groups excluding carboxylic acids is 2. The van der Waals surface area contributed by atoms with E-state index in [2.05, 4.69) is 61.7 Å². The highest BCUT2D eigenvalue weighted by Gasteiger charge is 2.47. The number of fused-ring (bicyclic) bond motifs is 4. The molecule has 6 rings (SSSR count). The number of ether oxygens (including phenoxy) is 1. The number of carbonyl (C=O) groups is 2. The number of rotatable bonds is 4. The average molecular weight is 771 g/mol. The predicted molar refractivity (Wildman–Crippen MR) is 209 cm³/mol. The zero-order chi connectivity index (χ0) is 37.6. The minimum absolute atomic E-state index is 0.00603. The van der Waals surface area contributed by atoms with Crippen LogP contribution in [0.2, 0.25) is 23.2 Å². The standard InChI is InChI=1S/C39H55ClN4O6SSi/c1-38(2,3)52(6,7)50-34-12-8-9-20-44(24-36(45)42(4)5)51(47,48)41-37(46)28-14-18-35-33(22-28)43(23-29-13-16-31(29)34)25-39(26-49-35)19-10-11-27-21-30(40)15-17-32(27)39/h8,12,14-15,17-18,21-22,29,31,34H,9-11,13,16,19-20,23-26H2,1-7H3,(H,41,46)/b12-8-/t29-,31+,34-,39-/m0/s1. The van der Waals surface area contributed by atoms with E-state index in [0.717, 1.165) is 53.7 Å². The van der Waals surface area contributed by atoms with Crippen LogP contribution < -0.4 is 14.4 Å². The van der Waals surface area contributed by atoms with E-state index < -0.39 is 31.0 Å². The predicted octanol–water partition coefficient (Wildman–Crippen LogP) is 6.55. The first-order valence-corrected chi connectivity index (χ1v) is 23.3. The molecule has 2 bridgehead atoms. The zero-order valence-corrected chi connectivity index (χ0v) is 34.3. The molecule has 10 nitrogen and oxygen atoms in total. The maximum Gasteiger partial charge on any atom is 0.304 e. The van der Waals surface area contributed by atoms with Crippen molar-refractivity contribution < 1.29 is 27.2 Å². The Morgan fingerprint density at radius 3 is 2.62 bits per heavy atom. The first-order valence-electron chi connectivity index (χ1n) is 18.6. The van der Waals surface area contributed by atoms with Crippen LogP contribution in [0, 0.1) is 11.8 Å². The number of nitrogens with one attached hydrogen (secondary N) is 1. The third kappa shape index (κ3) is 7.96. The fourth-order valence-electron chi connectivity index (χ4n) is 7.84. The van der Waals surface area contributed by atoms with Crippen molar-refractivity contribution in [3.63, 3.8) is 0 Å². The highest BCUT2D eigenvalue weighted by Crippen LogP contribution is 2.48. The van der Waals surface area contributed by atoms with Gasteiger partial charge in [-0.3, -0.25) is 9.59 Å². The Kier molecular flexibility index (Phi) is 11.0. The van der Waals surface area contributed by atoms with Crippen LogP contribution in [-0.2, 0) is 31.3 Å². The lowest BCUT2D eigenvalue weighted by atomic mass is 9.68. The lowest BCUT2D eigenvalue weighted by Crippen LogP contribution is -2.52. The number of anilines is 1. The van der Waals surface area contributed by atoms with Gasteiger partial charge >= 0.3 is 10.2 Å². The van der Waals surface area contributed by atoms with Crippen LogP contribution in [0.15, 0.2) is 48.6 Å². The molecule has 0 aromatic heterocycles. The Hall–Kier alpha value is -2.90. The molecule has 2 aliphatic carbocycles. The van der Waals surface area contributed by atoms with Gasteiger partial charge in [0.05, 0.1) is 24.9 Å². The minimum atomic E-state index is -4.38. The Balaban J connectivity index is 1.43. The second-order valence-corrected chi connectivity index (χ2v) is 23.8. The summed E-state index contributed by atoms with van der Waals surface area (Å²) in [5, 5.41) is 0.735. The normalized spacial score (nSPS) is 27.3. The number of hydrogen-bond donors (Lipinski definition) is 1. The maximum atomic E-state index is 13.8. The van der Waals surface area contributed by atoms with E-state index in [1.165, 1.54) is 16.0 Å². The molecule has 1 fully saturated rings. The summed E-state index contributed by atoms with van der Waals surface area (Å²) in [6.45, 7) is 12.8. The van der Waals surface area contributed by atoms with Gasteiger partial charge in [-0.2, -0.15) is 12.7 Å². The molecule has 4 aliphatic rings. The van der Waals surface area contributed by atoms with Gasteiger partial charge in [-0.05, 0) is 110 Å². The summed E-state index contributed by atoms with van der Waals surface area (Å²) >= 11 is 6.47. The molecular formula is C39H55ClN4O6SSi. The van der Waals surface area contributed by atoms with E-state index in [1.807, 2.05) is 12.1 Å². The minimum Gasteiger partial charge on any atom is -0.490 e. The lowest BCUT2D eigenvalue weighted by Gasteiger charge is -2.48. The van der Waals surface area contributed by atoms with Crippen LogP contribution >= 0.6 is 11.6 Å². The molecule has 2 aromatic carbocycles. The number of aryl methyl sites for hydroxylation is 1. The summed E-state index contributed by atoms with van der Waals surface area (Å²) < 4.78 is 44.6. The summed E-state index contributed by atoms with van der Waals surface area (Å²) in [5.74, 6) is 0.123. The van der Waals surface area contributed by atoms with Gasteiger partial charge in [-0.15, -0.1) is 0 Å². The number of halogens is 1. The molecule has 0 saturated heterocycles. The highest BCUT2D eigenvalue weighted by atomic mass is 35.5. The molecule has 0 unspecified atom stereocenters. The Labute approximate surface area is 316 Å². The lowest BCUT2D eigenvalue weighted by molar-refractivity contribution is -0.128. The van der Waals surface area contributed by atoms with Gasteiger partial charge in [0.1, 0.15) is 5.75 Å². The van der Waals surface area contributed by atoms with E-state index in [4.69, 9.17) is 20.8 Å². The van der Waals surface area contributed by atoms with Crippen molar-refractivity contribution >= 4 is 47.6 Å². The Morgan fingerprint density at radius 2 is 1.92 bits per heavy atom. The average Bonchev–Trinajstić information content (AvgIpc) is 3.19. The van der Waals surface area contributed by atoms with Crippen LogP contribution in [0.1, 0.15) is 74.4 Å². The molecule has 52 heavy (non-hydrogen) atoms. The van der Waals surface area contributed by atoms with Gasteiger partial charge in [-0.25, -0.2) is 4.72 Å². The Morgan fingerprint density at radius 1 is 1.15 bits per heavy atom. The number of benzene rings is 2. The maximum absolute atomic E-state index is 13.8. The van der Waals surface area contributed by atoms with E-state index in [1.54, 1.807) is 32.3 Å². The second kappa shape index (κ2) is 14.7. The van der Waals surface area contributed by atoms with Crippen LogP contribution in [-0.4, -0.2) is 90.7 Å². The van der Waals surface area contributed by atoms with E-state index in [9.17, 15) is 18.0 Å². The van der Waals surface area contributed by atoms with E-state index in [0.29, 0.717) is 31.2 Å². The molecule has 4 atom stereocenters. The topological polar surface area (TPSA) is 108 Å². The molecule has 2 amide bonds. The molecule has 13 heteroatoms. The first kappa shape index (κ1) is 38.8. The number of likely N-dealkylation sites (N-methyl/N-ethyl adjacent to an activating group) is 1. The fourth-order valence-corrected chi connectivity index (χ4v) is 10.4. The van der Waals surface area contributed by atoms with Crippen LogP contribution in [0.4, 0.5) is 5.69 Å². The first-order chi connectivity index (χ1) is 24.4. The van der Waals surface area contributed by atoms with E-state index >= 15 is 0 Å². The molecule has 1 saturated carbocycles. The number of nitrogens with zero attached hydrogens (tertiary/aromatic N) is 3. The Bertz CT molecular complexity index is 1830. The SMILES string of the molecule is CN(C)C(=O)CN1CC/C=C\[C@H](O[Si](C)(C)C(C)(C)C)[C@@H]2CC[C@H]2CN2C[C@@]3(CCCc4cc(Cl)ccc43)COc3ccc(cc32)C(=O)NS1(=O)=O. The second-order valence-electron chi connectivity index (χ2n) is 16.9. The molecule has 284 valence electrons. The van der Waals surface area contributed by atoms with Gasteiger partial charge in [0.25, 0.3) is 5.91 Å². The molecular weight excluding hydrogens is 716 g/mol. The fraction of sp³-hybridized carbons (Fsp3) is 0.590. The van der Waals surface area contributed by atoms with Crippen molar-refractivity contribution in [2.24, 2.45) is 11.8 Å². The molecule has 2 aromatic rings. The van der Waals surface area contributed by atoms with Gasteiger partial charge in [0, 0.05) is 49.7 Å². The van der Waals surface area contributed by atoms with Gasteiger partial charge < -0.3 is 19.0 Å². The van der Waals surface area contributed by atoms with Crippen molar-refractivity contribution in [1.29, 1.82) is 0 Å². The number of hydrogen-bond acceptors (Lipinski definition) is 7. The summed E-state index contributed by atoms with van der Waals surface area (Å²) in [6.07, 6.45) is 9.35. The quantitative estimate of drug-likeness (QED) is 0.278. The van der Waals surface area contributed by atoms with Crippen molar-refractivity contribution in [1.82, 2.24) is 13.9 Å². The molecule has 2 heterocycles. The number of amides is 2. The molecule has 1 N–H and O–H groups in total. The van der Waals surface area contributed by atoms with Crippen molar-refractivity contribution in [2.45, 2.75) is 88.9 Å². The molecule has 1 spiro atoms. The van der Waals surface area contributed by atoms with Gasteiger partial charge in [0.15, 0.2) is 8.32 Å². The summed E-state index contributed by atoms with van der Waals surface area (Å²) in [5.41, 5.74) is 3.20. The van der Waals surface area contributed by atoms with Crippen molar-refractivity contribution in [3.05, 3.63) is 70.3 Å². The van der Waals surface area contributed by atoms with Gasteiger partial charge in [0.2, 0.25) is 5.91 Å². The molecule has 2 aliphatic heterocycles. The van der Waals surface area contributed by atoms with E-state index in [-0.39, 0.29) is 40.5 Å². The smallest absolute Gasteiger partial charge is 0.304 e. The van der Waals surface area contributed by atoms with Crippen molar-refractivity contribution in [2.75, 3.05) is 51.8 Å². The third-order valence-electron chi connectivity index (χ3n) is 12.1. The third-order valence-corrected chi connectivity index (χ3v) is 18.3. The summed E-state index contributed by atoms with van der Waals surface area (Å²) in [7, 11) is -3.41. The van der Waals surface area contributed by atoms with Gasteiger partial charge in [-0.1, -0.05) is 50.6 Å². The van der Waals surface area contributed by atoms with Crippen LogP contribution in [0.25, 0.3) is 0 Å². The summed E-state index contributed by atoms with van der Waals surface area (Å²) in [6, 6.07) is 11.4. The van der Waals surface area contributed by atoms with Crippen molar-refractivity contribution in [3.8, 4) is 5.75 Å². The largest absolute Gasteiger partial charge is 0.490 e. The van der Waals surface area contributed by atoms with Crippen LogP contribution in [0.5, 0.6) is 5.75 Å². The molecule has 0 radical (unpaired) electrons. The summed E-state index contributed by atoms with van der Waals surface area (Å²) in [4.78, 5) is 30.2.